The lowest BCUT2D eigenvalue weighted by molar-refractivity contribution is -0.121. The van der Waals surface area contributed by atoms with Crippen LogP contribution < -0.4 is 10.2 Å². The van der Waals surface area contributed by atoms with Crippen LogP contribution in [-0.2, 0) is 26.0 Å². The molecule has 1 saturated heterocycles. The summed E-state index contributed by atoms with van der Waals surface area (Å²) in [6, 6.07) is 9.02. The van der Waals surface area contributed by atoms with Crippen molar-refractivity contribution in [2.45, 2.75) is 44.4 Å². The summed E-state index contributed by atoms with van der Waals surface area (Å²) in [6.45, 7) is 4.73. The second-order valence-electron chi connectivity index (χ2n) is 8.71. The number of piperidine rings is 1. The smallest absolute Gasteiger partial charge is 0.244 e. The van der Waals surface area contributed by atoms with Crippen molar-refractivity contribution in [3.8, 4) is 0 Å². The van der Waals surface area contributed by atoms with E-state index in [4.69, 9.17) is 0 Å². The molecule has 1 unspecified atom stereocenters. The number of anilines is 2. The van der Waals surface area contributed by atoms with Gasteiger partial charge in [0.05, 0.1) is 10.8 Å². The van der Waals surface area contributed by atoms with Crippen LogP contribution in [-0.4, -0.2) is 44.2 Å². The molecule has 0 bridgehead atoms. The fourth-order valence-electron chi connectivity index (χ4n) is 4.55. The third-order valence-electron chi connectivity index (χ3n) is 6.45. The Hall–Kier alpha value is -1.75. The number of hydrogen-bond acceptors (Lipinski definition) is 4. The van der Waals surface area contributed by atoms with Gasteiger partial charge in [0.2, 0.25) is 21.8 Å². The highest BCUT2D eigenvalue weighted by atomic mass is 79.9. The molecule has 2 amide bonds. The largest absolute Gasteiger partial charge is 0.326 e. The number of sulfonamides is 1. The summed E-state index contributed by atoms with van der Waals surface area (Å²) in [4.78, 5) is 27.1. The SMILES string of the molecule is CCC(=O)N1CCc2cc(Br)c(S(=O)(=O)N3CCCC(C(=O)Nc4ccc(Br)cc4C)C3)cc21. The quantitative estimate of drug-likeness (QED) is 0.523. The normalized spacial score (nSPS) is 18.6. The Balaban J connectivity index is 1.56. The van der Waals surface area contributed by atoms with E-state index in [-0.39, 0.29) is 23.3 Å². The minimum Gasteiger partial charge on any atom is -0.326 e. The highest BCUT2D eigenvalue weighted by Gasteiger charge is 2.36. The molecular weight excluding hydrogens is 586 g/mol. The zero-order valence-corrected chi connectivity index (χ0v) is 23.1. The third kappa shape index (κ3) is 4.96. The van der Waals surface area contributed by atoms with Crippen molar-refractivity contribution >= 4 is 65.1 Å². The van der Waals surface area contributed by atoms with Gasteiger partial charge in [-0.1, -0.05) is 22.9 Å². The number of hydrogen-bond donors (Lipinski definition) is 1. The molecule has 1 N–H and O–H groups in total. The van der Waals surface area contributed by atoms with Crippen molar-refractivity contribution in [2.24, 2.45) is 5.92 Å². The summed E-state index contributed by atoms with van der Waals surface area (Å²) in [7, 11) is -3.86. The number of rotatable bonds is 5. The summed E-state index contributed by atoms with van der Waals surface area (Å²) in [5.74, 6) is -0.654. The van der Waals surface area contributed by atoms with Gasteiger partial charge >= 0.3 is 0 Å². The fraction of sp³-hybridized carbons (Fsp3) is 0.417. The van der Waals surface area contributed by atoms with E-state index in [1.54, 1.807) is 24.0 Å². The van der Waals surface area contributed by atoms with Crippen LogP contribution in [0, 0.1) is 12.8 Å². The minimum atomic E-state index is -3.86. The second-order valence-corrected chi connectivity index (χ2v) is 12.4. The molecular formula is C24H27Br2N3O4S. The first-order chi connectivity index (χ1) is 16.1. The predicted octanol–water partition coefficient (Wildman–Crippen LogP) is 4.86. The van der Waals surface area contributed by atoms with Gasteiger partial charge in [0, 0.05) is 46.4 Å². The van der Waals surface area contributed by atoms with Gasteiger partial charge in [-0.05, 0) is 83.6 Å². The number of aryl methyl sites for hydroxylation is 1. The molecule has 0 saturated carbocycles. The van der Waals surface area contributed by atoms with Crippen molar-refractivity contribution in [2.75, 3.05) is 29.9 Å². The molecule has 2 aromatic rings. The van der Waals surface area contributed by atoms with Gasteiger partial charge in [-0.3, -0.25) is 9.59 Å². The van der Waals surface area contributed by atoms with E-state index >= 15 is 0 Å². The molecule has 10 heteroatoms. The van der Waals surface area contributed by atoms with E-state index < -0.39 is 15.9 Å². The Morgan fingerprint density at radius 1 is 1.15 bits per heavy atom. The van der Waals surface area contributed by atoms with E-state index in [2.05, 4.69) is 37.2 Å². The van der Waals surface area contributed by atoms with Crippen molar-refractivity contribution in [1.29, 1.82) is 0 Å². The summed E-state index contributed by atoms with van der Waals surface area (Å²) >= 11 is 6.86. The Bertz CT molecular complexity index is 1250. The maximum absolute atomic E-state index is 13.6. The van der Waals surface area contributed by atoms with Crippen LogP contribution in [0.25, 0.3) is 0 Å². The first-order valence-corrected chi connectivity index (χ1v) is 14.3. The lowest BCUT2D eigenvalue weighted by Gasteiger charge is -2.32. The average Bonchev–Trinajstić information content (AvgIpc) is 3.22. The molecule has 0 aromatic heterocycles. The fourth-order valence-corrected chi connectivity index (χ4v) is 7.62. The number of benzene rings is 2. The summed E-state index contributed by atoms with van der Waals surface area (Å²) in [5, 5.41) is 2.95. The zero-order valence-electron chi connectivity index (χ0n) is 19.1. The number of carbonyl (C=O) groups is 2. The Morgan fingerprint density at radius 2 is 1.91 bits per heavy atom. The summed E-state index contributed by atoms with van der Waals surface area (Å²) in [5.41, 5.74) is 3.26. The van der Waals surface area contributed by atoms with Crippen LogP contribution in [0.3, 0.4) is 0 Å². The average molecular weight is 613 g/mol. The zero-order chi connectivity index (χ0) is 24.6. The van der Waals surface area contributed by atoms with Crippen molar-refractivity contribution in [1.82, 2.24) is 4.31 Å². The molecule has 7 nitrogen and oxygen atoms in total. The Labute approximate surface area is 217 Å². The van der Waals surface area contributed by atoms with Crippen LogP contribution in [0.2, 0.25) is 0 Å². The van der Waals surface area contributed by atoms with E-state index in [1.807, 2.05) is 25.1 Å². The number of halogens is 2. The van der Waals surface area contributed by atoms with Crippen LogP contribution >= 0.6 is 31.9 Å². The number of nitrogens with zero attached hydrogens (tertiary/aromatic N) is 2. The highest BCUT2D eigenvalue weighted by Crippen LogP contribution is 2.37. The maximum Gasteiger partial charge on any atom is 0.244 e. The number of amides is 2. The minimum absolute atomic E-state index is 0.0256. The molecule has 2 aliphatic rings. The first-order valence-electron chi connectivity index (χ1n) is 11.3. The number of nitrogens with one attached hydrogen (secondary N) is 1. The Kier molecular flexibility index (Phi) is 7.52. The van der Waals surface area contributed by atoms with Crippen LogP contribution in [0.5, 0.6) is 0 Å². The predicted molar refractivity (Wildman–Crippen MR) is 139 cm³/mol. The van der Waals surface area contributed by atoms with E-state index in [0.29, 0.717) is 48.9 Å². The lowest BCUT2D eigenvalue weighted by Crippen LogP contribution is -2.43. The number of carbonyl (C=O) groups excluding carboxylic acids is 2. The molecule has 182 valence electrons. The highest BCUT2D eigenvalue weighted by molar-refractivity contribution is 9.10. The first kappa shape index (κ1) is 25.3. The summed E-state index contributed by atoms with van der Waals surface area (Å²) < 4.78 is 30.1. The summed E-state index contributed by atoms with van der Waals surface area (Å²) in [6.07, 6.45) is 2.27. The molecule has 2 aliphatic heterocycles. The van der Waals surface area contributed by atoms with Gasteiger partial charge < -0.3 is 10.2 Å². The van der Waals surface area contributed by atoms with Crippen LogP contribution in [0.1, 0.15) is 37.3 Å². The molecule has 2 aromatic carbocycles. The molecule has 34 heavy (non-hydrogen) atoms. The Morgan fingerprint density at radius 3 is 2.62 bits per heavy atom. The second kappa shape index (κ2) is 10.1. The topological polar surface area (TPSA) is 86.8 Å². The molecule has 4 rings (SSSR count). The molecule has 2 heterocycles. The molecule has 0 radical (unpaired) electrons. The van der Waals surface area contributed by atoms with Crippen molar-refractivity contribution < 1.29 is 18.0 Å². The van der Waals surface area contributed by atoms with Gasteiger partial charge in [-0.15, -0.1) is 0 Å². The van der Waals surface area contributed by atoms with Gasteiger partial charge in [-0.25, -0.2) is 8.42 Å². The molecule has 1 fully saturated rings. The van der Waals surface area contributed by atoms with Crippen LogP contribution in [0.4, 0.5) is 11.4 Å². The van der Waals surface area contributed by atoms with E-state index in [9.17, 15) is 18.0 Å². The number of fused-ring (bicyclic) bond motifs is 1. The van der Waals surface area contributed by atoms with Gasteiger partial charge in [0.25, 0.3) is 0 Å². The van der Waals surface area contributed by atoms with Gasteiger partial charge in [0.15, 0.2) is 0 Å². The standard InChI is InChI=1S/C24H27Br2N3O4S/c1-3-23(30)29-10-8-16-12-19(26)22(13-21(16)29)34(32,33)28-9-4-5-17(14-28)24(31)27-20-7-6-18(25)11-15(20)2/h6-7,11-13,17H,3-5,8-10,14H2,1-2H3,(H,27,31). The maximum atomic E-state index is 13.6. The monoisotopic (exact) mass is 611 g/mol. The van der Waals surface area contributed by atoms with Crippen LogP contribution in [0.15, 0.2) is 44.2 Å². The lowest BCUT2D eigenvalue weighted by atomic mass is 9.98. The third-order valence-corrected chi connectivity index (χ3v) is 9.77. The molecule has 1 atom stereocenters. The van der Waals surface area contributed by atoms with E-state index in [0.717, 1.165) is 21.3 Å². The molecule has 0 spiro atoms. The van der Waals surface area contributed by atoms with Crippen molar-refractivity contribution in [3.63, 3.8) is 0 Å². The van der Waals surface area contributed by atoms with Crippen molar-refractivity contribution in [3.05, 3.63) is 50.4 Å². The van der Waals surface area contributed by atoms with Gasteiger partial charge in [-0.2, -0.15) is 4.31 Å². The molecule has 0 aliphatic carbocycles. The van der Waals surface area contributed by atoms with Gasteiger partial charge in [0.1, 0.15) is 0 Å². The van der Waals surface area contributed by atoms with E-state index in [1.165, 1.54) is 4.31 Å².